The van der Waals surface area contributed by atoms with Crippen molar-refractivity contribution in [2.24, 2.45) is 5.92 Å². The molecular formula is C37H43FN4O4S. The second-order valence-corrected chi connectivity index (χ2v) is 17.7. The first-order valence-electron chi connectivity index (χ1n) is 17.6. The number of halogens is 1. The Kier molecular flexibility index (Phi) is 6.60. The summed E-state index contributed by atoms with van der Waals surface area (Å²) in [5.41, 5.74) is 5.81. The van der Waals surface area contributed by atoms with Crippen molar-refractivity contribution in [1.29, 1.82) is 0 Å². The lowest BCUT2D eigenvalue weighted by molar-refractivity contribution is -0.141. The van der Waals surface area contributed by atoms with E-state index in [0.29, 0.717) is 42.7 Å². The Bertz CT molecular complexity index is 1930. The van der Waals surface area contributed by atoms with E-state index in [0.717, 1.165) is 85.1 Å². The van der Waals surface area contributed by atoms with Crippen LogP contribution in [0.1, 0.15) is 94.2 Å². The van der Waals surface area contributed by atoms with Crippen molar-refractivity contribution in [3.8, 4) is 0 Å². The number of hydrogen-bond donors (Lipinski definition) is 1. The molecule has 4 aliphatic carbocycles. The third kappa shape index (κ3) is 4.49. The van der Waals surface area contributed by atoms with Gasteiger partial charge in [0.25, 0.3) is 5.91 Å². The van der Waals surface area contributed by atoms with E-state index < -0.39 is 26.6 Å². The highest BCUT2D eigenvalue weighted by Gasteiger charge is 2.54. The summed E-state index contributed by atoms with van der Waals surface area (Å²) in [5, 5.41) is 0.572. The number of benzene rings is 1. The van der Waals surface area contributed by atoms with Gasteiger partial charge in [-0.1, -0.05) is 37.5 Å². The van der Waals surface area contributed by atoms with E-state index in [-0.39, 0.29) is 29.7 Å². The molecule has 2 saturated carbocycles. The maximum atomic E-state index is 15.8. The van der Waals surface area contributed by atoms with Crippen LogP contribution in [0.4, 0.5) is 4.39 Å². The van der Waals surface area contributed by atoms with Crippen molar-refractivity contribution in [2.75, 3.05) is 20.1 Å². The lowest BCUT2D eigenvalue weighted by Gasteiger charge is -2.43. The van der Waals surface area contributed by atoms with Crippen LogP contribution in [0.3, 0.4) is 0 Å². The zero-order valence-corrected chi connectivity index (χ0v) is 28.0. The van der Waals surface area contributed by atoms with Crippen molar-refractivity contribution in [3.05, 3.63) is 69.7 Å². The molecule has 2 aromatic rings. The summed E-state index contributed by atoms with van der Waals surface area (Å²) < 4.78 is 45.7. The molecule has 4 atom stereocenters. The topological polar surface area (TPSA) is 91.7 Å². The number of aromatic nitrogens is 1. The first-order chi connectivity index (χ1) is 22.6. The number of sulfonamides is 1. The molecule has 0 spiro atoms. The second kappa shape index (κ2) is 10.4. The highest BCUT2D eigenvalue weighted by molar-refractivity contribution is 7.91. The van der Waals surface area contributed by atoms with Crippen LogP contribution < -0.4 is 4.72 Å². The number of rotatable bonds is 5. The van der Waals surface area contributed by atoms with Gasteiger partial charge in [-0.25, -0.2) is 17.5 Å². The van der Waals surface area contributed by atoms with E-state index in [2.05, 4.69) is 26.1 Å². The number of piperazine rings is 1. The molecule has 0 radical (unpaired) electrons. The fourth-order valence-electron chi connectivity index (χ4n) is 9.73. The number of nitrogens with one attached hydrogen (secondary N) is 1. The number of carbonyl (C=O) groups is 2. The van der Waals surface area contributed by atoms with Crippen molar-refractivity contribution < 1.29 is 22.4 Å². The predicted molar refractivity (Wildman–Crippen MR) is 178 cm³/mol. The lowest BCUT2D eigenvalue weighted by atomic mass is 9.75. The summed E-state index contributed by atoms with van der Waals surface area (Å²) in [6, 6.07) is 5.89. The summed E-state index contributed by atoms with van der Waals surface area (Å²) in [6.45, 7) is 3.76. The van der Waals surface area contributed by atoms with Crippen molar-refractivity contribution in [2.45, 2.75) is 106 Å². The maximum Gasteiger partial charge on any atom is 0.265 e. The SMILES string of the molecule is CN1CC2CCC(C1)N2C(=O)[C@@H]1CC=CC2=C3C(=C3C(=O)NS(=O)(=O)C3(C)CC3)Cn3c(cc4c(F)ccc(C5CCCCC5)c43)C21. The average molecular weight is 659 g/mol. The minimum absolute atomic E-state index is 0.141. The minimum atomic E-state index is -3.83. The largest absolute Gasteiger partial charge is 0.339 e. The normalized spacial score (nSPS) is 29.8. The van der Waals surface area contributed by atoms with E-state index in [1.807, 2.05) is 24.3 Å². The fraction of sp³-hybridized carbons (Fsp3) is 0.568. The van der Waals surface area contributed by atoms with E-state index in [1.165, 1.54) is 6.42 Å². The Morgan fingerprint density at radius 1 is 1.02 bits per heavy atom. The molecule has 1 aromatic heterocycles. The lowest BCUT2D eigenvalue weighted by Crippen LogP contribution is -2.56. The molecule has 2 saturated heterocycles. The number of fused-ring (bicyclic) bond motifs is 8. The van der Waals surface area contributed by atoms with Gasteiger partial charge >= 0.3 is 0 Å². The highest BCUT2D eigenvalue weighted by Crippen LogP contribution is 2.55. The maximum absolute atomic E-state index is 15.8. The minimum Gasteiger partial charge on any atom is -0.339 e. The highest BCUT2D eigenvalue weighted by atomic mass is 32.2. The number of likely N-dealkylation sites (tertiary alicyclic amines) is 1. The third-order valence-corrected chi connectivity index (χ3v) is 14.7. The van der Waals surface area contributed by atoms with Gasteiger partial charge in [0, 0.05) is 48.7 Å². The summed E-state index contributed by atoms with van der Waals surface area (Å²) in [7, 11) is -1.70. The summed E-state index contributed by atoms with van der Waals surface area (Å²) in [4.78, 5) is 33.0. The van der Waals surface area contributed by atoms with Crippen LogP contribution in [0.5, 0.6) is 0 Å². The molecule has 3 aliphatic heterocycles. The molecule has 3 unspecified atom stereocenters. The molecule has 248 valence electrons. The number of amides is 2. The molecular weight excluding hydrogens is 615 g/mol. The fourth-order valence-corrected chi connectivity index (χ4v) is 11.0. The predicted octanol–water partition coefficient (Wildman–Crippen LogP) is 5.41. The van der Waals surface area contributed by atoms with Crippen LogP contribution in [-0.4, -0.2) is 71.6 Å². The van der Waals surface area contributed by atoms with E-state index >= 15 is 4.39 Å². The summed E-state index contributed by atoms with van der Waals surface area (Å²) >= 11 is 0. The Balaban J connectivity index is 1.19. The van der Waals surface area contributed by atoms with Crippen LogP contribution in [0.15, 0.2) is 52.6 Å². The van der Waals surface area contributed by atoms with Gasteiger partial charge in [0.1, 0.15) is 5.82 Å². The monoisotopic (exact) mass is 658 g/mol. The first-order valence-corrected chi connectivity index (χ1v) is 19.1. The number of likely N-dealkylation sites (N-methyl/N-ethyl adjacent to an activating group) is 1. The van der Waals surface area contributed by atoms with Gasteiger partial charge in [0.15, 0.2) is 0 Å². The third-order valence-electron chi connectivity index (χ3n) is 12.5. The van der Waals surface area contributed by atoms with Crippen LogP contribution >= 0.6 is 0 Å². The van der Waals surface area contributed by atoms with Gasteiger partial charge in [-0.05, 0) is 99.3 Å². The van der Waals surface area contributed by atoms with Gasteiger partial charge < -0.3 is 14.4 Å². The standard InChI is InChI=1S/C37H43FN4O4S/c1-37(15-16-37)47(45,46)39-35(43)33-28-20-41-30(17-27-29(38)14-13-24(34(27)41)21-7-4-3-5-8-21)31-25(32(28)33)9-6-10-26(31)36(44)42-22-11-12-23(42)19-40(2)18-22/h6,9,13-14,17,21-23,26,31H,3-5,7-8,10-12,15-16,18-20H2,1-2H3,(H,39,43)/t22?,23?,26-,31?/m1/s1. The molecule has 4 fully saturated rings. The molecule has 2 bridgehead atoms. The van der Waals surface area contributed by atoms with Gasteiger partial charge in [-0.3, -0.25) is 9.59 Å². The number of nitrogens with zero attached hydrogens (tertiary/aromatic N) is 3. The second-order valence-electron chi connectivity index (χ2n) is 15.5. The summed E-state index contributed by atoms with van der Waals surface area (Å²) in [5.74, 6) is -1.16. The van der Waals surface area contributed by atoms with Gasteiger partial charge in [-0.15, -0.1) is 0 Å². The van der Waals surface area contributed by atoms with E-state index in [4.69, 9.17) is 0 Å². The molecule has 8 nitrogen and oxygen atoms in total. The average Bonchev–Trinajstić information content (AvgIpc) is 3.92. The Morgan fingerprint density at radius 2 is 1.74 bits per heavy atom. The van der Waals surface area contributed by atoms with Crippen LogP contribution in [-0.2, 0) is 26.2 Å². The molecule has 4 heterocycles. The Labute approximate surface area is 275 Å². The van der Waals surface area contributed by atoms with Gasteiger partial charge in [0.05, 0.1) is 21.8 Å². The van der Waals surface area contributed by atoms with Crippen LogP contribution in [0, 0.1) is 11.7 Å². The van der Waals surface area contributed by atoms with Crippen LogP contribution in [0.25, 0.3) is 10.9 Å². The first kappa shape index (κ1) is 29.9. The quantitative estimate of drug-likeness (QED) is 0.464. The number of allylic oxidation sites excluding steroid dienone is 4. The molecule has 47 heavy (non-hydrogen) atoms. The van der Waals surface area contributed by atoms with E-state index in [1.54, 1.807) is 13.0 Å². The van der Waals surface area contributed by atoms with Crippen molar-refractivity contribution in [1.82, 2.24) is 19.1 Å². The molecule has 9 rings (SSSR count). The molecule has 2 amide bonds. The van der Waals surface area contributed by atoms with Gasteiger partial charge in [0.2, 0.25) is 15.9 Å². The van der Waals surface area contributed by atoms with Crippen LogP contribution in [0.2, 0.25) is 0 Å². The van der Waals surface area contributed by atoms with Crippen molar-refractivity contribution >= 4 is 32.7 Å². The molecule has 10 heteroatoms. The Morgan fingerprint density at radius 3 is 2.45 bits per heavy atom. The number of carbonyl (C=O) groups excluding carboxylic acids is 2. The molecule has 1 N–H and O–H groups in total. The van der Waals surface area contributed by atoms with E-state index in [9.17, 15) is 18.0 Å². The van der Waals surface area contributed by atoms with Gasteiger partial charge in [-0.2, -0.15) is 0 Å². The smallest absolute Gasteiger partial charge is 0.265 e. The zero-order valence-electron chi connectivity index (χ0n) is 27.2. The van der Waals surface area contributed by atoms with Crippen molar-refractivity contribution in [3.63, 3.8) is 0 Å². The zero-order chi connectivity index (χ0) is 32.4. The Hall–Kier alpha value is -3.24. The summed E-state index contributed by atoms with van der Waals surface area (Å²) in [6.07, 6.45) is 13.3. The molecule has 7 aliphatic rings. The number of hydrogen-bond acceptors (Lipinski definition) is 5. The molecule has 1 aromatic carbocycles.